The second-order valence-electron chi connectivity index (χ2n) is 5.41. The number of hydrogen-bond donors (Lipinski definition) is 2. The Morgan fingerprint density at radius 1 is 1.28 bits per heavy atom. The maximum Gasteiger partial charge on any atom is 0.239 e. The SMILES string of the molecule is CN=C(NCC(=O)NCCOC)N1CCN(c2ccccn2)CC1.I. The quantitative estimate of drug-likeness (QED) is 0.272. The molecule has 1 aliphatic heterocycles. The first-order chi connectivity index (χ1) is 11.7. The lowest BCUT2D eigenvalue weighted by Gasteiger charge is -2.37. The van der Waals surface area contributed by atoms with E-state index in [0.717, 1.165) is 38.0 Å². The van der Waals surface area contributed by atoms with Crippen LogP contribution in [-0.2, 0) is 9.53 Å². The predicted molar refractivity (Wildman–Crippen MR) is 110 cm³/mol. The first kappa shape index (κ1) is 21.4. The first-order valence-electron chi connectivity index (χ1n) is 8.12. The fourth-order valence-corrected chi connectivity index (χ4v) is 2.53. The number of ether oxygens (including phenoxy) is 1. The van der Waals surface area contributed by atoms with Gasteiger partial charge in [0.1, 0.15) is 5.82 Å². The molecule has 1 aliphatic rings. The average Bonchev–Trinajstić information content (AvgIpc) is 2.64. The monoisotopic (exact) mass is 462 g/mol. The second kappa shape index (κ2) is 11.9. The zero-order valence-corrected chi connectivity index (χ0v) is 17.1. The number of nitrogens with one attached hydrogen (secondary N) is 2. The number of nitrogens with zero attached hydrogens (tertiary/aromatic N) is 4. The van der Waals surface area contributed by atoms with E-state index >= 15 is 0 Å². The van der Waals surface area contributed by atoms with Crippen LogP contribution in [0.15, 0.2) is 29.4 Å². The number of aromatic nitrogens is 1. The van der Waals surface area contributed by atoms with Gasteiger partial charge in [-0.25, -0.2) is 4.98 Å². The summed E-state index contributed by atoms with van der Waals surface area (Å²) in [6, 6.07) is 5.94. The van der Waals surface area contributed by atoms with Crippen LogP contribution in [0.25, 0.3) is 0 Å². The zero-order chi connectivity index (χ0) is 17.2. The number of methoxy groups -OCH3 is 1. The van der Waals surface area contributed by atoms with Crippen LogP contribution in [0.2, 0.25) is 0 Å². The number of rotatable bonds is 6. The number of carbonyl (C=O) groups excluding carboxylic acids is 1. The Morgan fingerprint density at radius 3 is 2.64 bits per heavy atom. The third-order valence-electron chi connectivity index (χ3n) is 3.80. The molecular weight excluding hydrogens is 435 g/mol. The van der Waals surface area contributed by atoms with Crippen molar-refractivity contribution in [3.05, 3.63) is 24.4 Å². The lowest BCUT2D eigenvalue weighted by Crippen LogP contribution is -2.54. The molecule has 0 saturated carbocycles. The molecule has 0 radical (unpaired) electrons. The summed E-state index contributed by atoms with van der Waals surface area (Å²) in [5, 5.41) is 5.89. The summed E-state index contributed by atoms with van der Waals surface area (Å²) in [5.41, 5.74) is 0. The predicted octanol–water partition coefficient (Wildman–Crippen LogP) is 0.160. The van der Waals surface area contributed by atoms with Crippen LogP contribution >= 0.6 is 24.0 Å². The molecule has 0 spiro atoms. The molecule has 25 heavy (non-hydrogen) atoms. The minimum absolute atomic E-state index is 0. The molecule has 1 aromatic rings. The van der Waals surface area contributed by atoms with E-state index in [1.807, 2.05) is 24.4 Å². The van der Waals surface area contributed by atoms with Crippen molar-refractivity contribution >= 4 is 41.7 Å². The number of pyridine rings is 1. The highest BCUT2D eigenvalue weighted by atomic mass is 127. The summed E-state index contributed by atoms with van der Waals surface area (Å²) in [6.07, 6.45) is 1.81. The van der Waals surface area contributed by atoms with E-state index in [1.54, 1.807) is 14.2 Å². The van der Waals surface area contributed by atoms with E-state index in [0.29, 0.717) is 13.2 Å². The molecule has 0 unspecified atom stereocenters. The van der Waals surface area contributed by atoms with Crippen molar-refractivity contribution in [1.29, 1.82) is 0 Å². The summed E-state index contributed by atoms with van der Waals surface area (Å²) in [5.74, 6) is 1.68. The van der Waals surface area contributed by atoms with Gasteiger partial charge in [0.15, 0.2) is 5.96 Å². The maximum absolute atomic E-state index is 11.7. The van der Waals surface area contributed by atoms with E-state index in [9.17, 15) is 4.79 Å². The average molecular weight is 462 g/mol. The van der Waals surface area contributed by atoms with Gasteiger partial charge in [-0.2, -0.15) is 0 Å². The van der Waals surface area contributed by atoms with E-state index in [2.05, 4.69) is 30.4 Å². The van der Waals surface area contributed by atoms with Gasteiger partial charge in [0, 0.05) is 53.1 Å². The van der Waals surface area contributed by atoms with Gasteiger partial charge in [0.05, 0.1) is 13.2 Å². The fourth-order valence-electron chi connectivity index (χ4n) is 2.53. The van der Waals surface area contributed by atoms with Gasteiger partial charge >= 0.3 is 0 Å². The highest BCUT2D eigenvalue weighted by Crippen LogP contribution is 2.12. The number of hydrogen-bond acceptors (Lipinski definition) is 5. The number of piperazine rings is 1. The molecule has 1 aromatic heterocycles. The van der Waals surface area contributed by atoms with E-state index in [1.165, 1.54) is 0 Å². The molecule has 9 heteroatoms. The Morgan fingerprint density at radius 2 is 2.04 bits per heavy atom. The molecule has 1 amide bonds. The third-order valence-corrected chi connectivity index (χ3v) is 3.80. The van der Waals surface area contributed by atoms with Crippen LogP contribution in [0.1, 0.15) is 0 Å². The van der Waals surface area contributed by atoms with Gasteiger partial charge in [-0.15, -0.1) is 24.0 Å². The molecular formula is C16H27IN6O2. The molecule has 0 aliphatic carbocycles. The zero-order valence-electron chi connectivity index (χ0n) is 14.8. The lowest BCUT2D eigenvalue weighted by atomic mass is 10.3. The molecule has 0 aromatic carbocycles. The Balaban J connectivity index is 0.00000312. The van der Waals surface area contributed by atoms with Crippen LogP contribution in [0.4, 0.5) is 5.82 Å². The summed E-state index contributed by atoms with van der Waals surface area (Å²) in [7, 11) is 3.34. The van der Waals surface area contributed by atoms with Crippen LogP contribution < -0.4 is 15.5 Å². The standard InChI is InChI=1S/C16H26N6O2.HI/c1-17-16(20-13-15(23)19-7-12-24-2)22-10-8-21(9-11-22)14-5-3-4-6-18-14;/h3-6H,7-13H2,1-2H3,(H,17,20)(H,19,23);1H. The van der Waals surface area contributed by atoms with Crippen molar-refractivity contribution < 1.29 is 9.53 Å². The molecule has 1 fully saturated rings. The maximum atomic E-state index is 11.7. The number of anilines is 1. The Bertz CT molecular complexity index is 535. The number of halogens is 1. The van der Waals surface area contributed by atoms with Gasteiger partial charge in [0.2, 0.25) is 5.91 Å². The molecule has 1 saturated heterocycles. The van der Waals surface area contributed by atoms with Gasteiger partial charge in [-0.1, -0.05) is 6.07 Å². The highest BCUT2D eigenvalue weighted by Gasteiger charge is 2.20. The number of amides is 1. The van der Waals surface area contributed by atoms with Crippen LogP contribution in [-0.4, -0.2) is 81.8 Å². The first-order valence-corrected chi connectivity index (χ1v) is 8.12. The van der Waals surface area contributed by atoms with Crippen molar-refractivity contribution in [2.75, 3.05) is 64.9 Å². The largest absolute Gasteiger partial charge is 0.383 e. The molecule has 2 N–H and O–H groups in total. The summed E-state index contributed by atoms with van der Waals surface area (Å²) in [6.45, 7) is 4.64. The molecule has 2 heterocycles. The third kappa shape index (κ3) is 7.02. The van der Waals surface area contributed by atoms with E-state index < -0.39 is 0 Å². The number of guanidine groups is 1. The Labute approximate surface area is 166 Å². The normalized spacial score (nSPS) is 14.7. The van der Waals surface area contributed by atoms with Crippen molar-refractivity contribution in [3.8, 4) is 0 Å². The molecule has 0 bridgehead atoms. The van der Waals surface area contributed by atoms with E-state index in [4.69, 9.17) is 4.74 Å². The summed E-state index contributed by atoms with van der Waals surface area (Å²) in [4.78, 5) is 24.8. The second-order valence-corrected chi connectivity index (χ2v) is 5.41. The van der Waals surface area contributed by atoms with Gasteiger partial charge in [0.25, 0.3) is 0 Å². The Kier molecular flexibility index (Phi) is 10.2. The van der Waals surface area contributed by atoms with Gasteiger partial charge in [-0.05, 0) is 12.1 Å². The highest BCUT2D eigenvalue weighted by molar-refractivity contribution is 14.0. The number of carbonyl (C=O) groups is 1. The van der Waals surface area contributed by atoms with Gasteiger partial charge < -0.3 is 25.2 Å². The van der Waals surface area contributed by atoms with E-state index in [-0.39, 0.29) is 36.4 Å². The Hall–Kier alpha value is -1.62. The van der Waals surface area contributed by atoms with Crippen LogP contribution in [0, 0.1) is 0 Å². The van der Waals surface area contributed by atoms with Crippen molar-refractivity contribution in [3.63, 3.8) is 0 Å². The van der Waals surface area contributed by atoms with Crippen LogP contribution in [0.3, 0.4) is 0 Å². The summed E-state index contributed by atoms with van der Waals surface area (Å²) >= 11 is 0. The lowest BCUT2D eigenvalue weighted by molar-refractivity contribution is -0.120. The van der Waals surface area contributed by atoms with Crippen molar-refractivity contribution in [2.45, 2.75) is 0 Å². The number of aliphatic imine (C=N–C) groups is 1. The summed E-state index contributed by atoms with van der Waals surface area (Å²) < 4.78 is 4.90. The molecule has 140 valence electrons. The van der Waals surface area contributed by atoms with Gasteiger partial charge in [-0.3, -0.25) is 9.79 Å². The van der Waals surface area contributed by atoms with Crippen molar-refractivity contribution in [1.82, 2.24) is 20.5 Å². The fraction of sp³-hybridized carbons (Fsp3) is 0.562. The van der Waals surface area contributed by atoms with Crippen LogP contribution in [0.5, 0.6) is 0 Å². The smallest absolute Gasteiger partial charge is 0.239 e. The van der Waals surface area contributed by atoms with Crippen molar-refractivity contribution in [2.24, 2.45) is 4.99 Å². The molecule has 2 rings (SSSR count). The molecule has 0 atom stereocenters. The minimum Gasteiger partial charge on any atom is -0.383 e. The molecule has 8 nitrogen and oxygen atoms in total. The minimum atomic E-state index is -0.0691. The topological polar surface area (TPSA) is 82.1 Å².